The van der Waals surface area contributed by atoms with Crippen LogP contribution in [0.3, 0.4) is 0 Å². The van der Waals surface area contributed by atoms with Gasteiger partial charge in [0, 0.05) is 25.4 Å². The highest BCUT2D eigenvalue weighted by Gasteiger charge is 2.04. The fourth-order valence-electron chi connectivity index (χ4n) is 1.76. The Morgan fingerprint density at radius 1 is 1.17 bits per heavy atom. The molecule has 0 atom stereocenters. The number of nitrogens with one attached hydrogen (secondary N) is 1. The van der Waals surface area contributed by atoms with Crippen molar-refractivity contribution in [3.63, 3.8) is 0 Å². The Hall–Kier alpha value is -1.75. The standard InChI is InChI=1S/C13H19N5/c1-3-5-14-8-11-9-17-13(10-16-11)18-7-6-15-12(18)4-2/h6-7,9-10,14H,3-5,8H2,1-2H3. The largest absolute Gasteiger partial charge is 0.311 e. The molecule has 0 bridgehead atoms. The lowest BCUT2D eigenvalue weighted by Crippen LogP contribution is -2.15. The number of imidazole rings is 1. The number of aryl methyl sites for hydroxylation is 1. The maximum Gasteiger partial charge on any atom is 0.156 e. The molecule has 0 aliphatic heterocycles. The molecule has 0 amide bonds. The molecule has 2 aromatic rings. The van der Waals surface area contributed by atoms with Crippen LogP contribution in [0.15, 0.2) is 24.8 Å². The zero-order chi connectivity index (χ0) is 12.8. The molecular weight excluding hydrogens is 226 g/mol. The Morgan fingerprint density at radius 2 is 2.06 bits per heavy atom. The van der Waals surface area contributed by atoms with Crippen LogP contribution in [0.5, 0.6) is 0 Å². The van der Waals surface area contributed by atoms with E-state index in [0.717, 1.165) is 43.3 Å². The van der Waals surface area contributed by atoms with E-state index in [1.807, 2.05) is 17.0 Å². The molecule has 0 aliphatic carbocycles. The van der Waals surface area contributed by atoms with Crippen LogP contribution in [0.2, 0.25) is 0 Å². The van der Waals surface area contributed by atoms with E-state index in [1.165, 1.54) is 0 Å². The van der Waals surface area contributed by atoms with Gasteiger partial charge < -0.3 is 5.32 Å². The minimum atomic E-state index is 0.770. The lowest BCUT2D eigenvalue weighted by molar-refractivity contribution is 0.661. The third-order valence-electron chi connectivity index (χ3n) is 2.71. The zero-order valence-corrected chi connectivity index (χ0v) is 10.9. The molecule has 5 heteroatoms. The highest BCUT2D eigenvalue weighted by molar-refractivity contribution is 5.21. The quantitative estimate of drug-likeness (QED) is 0.787. The van der Waals surface area contributed by atoms with Crippen LogP contribution in [0, 0.1) is 0 Å². The van der Waals surface area contributed by atoms with Gasteiger partial charge in [-0.3, -0.25) is 9.55 Å². The topological polar surface area (TPSA) is 55.6 Å². The van der Waals surface area contributed by atoms with Crippen LogP contribution in [0.25, 0.3) is 5.82 Å². The maximum absolute atomic E-state index is 4.43. The first-order valence-corrected chi connectivity index (χ1v) is 6.39. The summed E-state index contributed by atoms with van der Waals surface area (Å²) in [7, 11) is 0. The average molecular weight is 245 g/mol. The molecule has 0 fully saturated rings. The first-order chi connectivity index (χ1) is 8.85. The summed E-state index contributed by atoms with van der Waals surface area (Å²) in [5.41, 5.74) is 0.963. The monoisotopic (exact) mass is 245 g/mol. The molecule has 5 nitrogen and oxygen atoms in total. The summed E-state index contributed by atoms with van der Waals surface area (Å²) < 4.78 is 1.97. The van der Waals surface area contributed by atoms with Crippen LogP contribution in [0.4, 0.5) is 0 Å². The first kappa shape index (κ1) is 12.7. The van der Waals surface area contributed by atoms with Crippen LogP contribution in [-0.4, -0.2) is 26.1 Å². The van der Waals surface area contributed by atoms with Crippen molar-refractivity contribution in [2.24, 2.45) is 0 Å². The van der Waals surface area contributed by atoms with Gasteiger partial charge in [0.1, 0.15) is 5.82 Å². The Morgan fingerprint density at radius 3 is 2.72 bits per heavy atom. The Bertz CT molecular complexity index is 474. The van der Waals surface area contributed by atoms with Gasteiger partial charge in [-0.1, -0.05) is 13.8 Å². The van der Waals surface area contributed by atoms with Crippen molar-refractivity contribution in [1.29, 1.82) is 0 Å². The lowest BCUT2D eigenvalue weighted by atomic mass is 10.4. The van der Waals surface area contributed by atoms with Crippen molar-refractivity contribution in [3.8, 4) is 5.82 Å². The van der Waals surface area contributed by atoms with Crippen LogP contribution in [0.1, 0.15) is 31.8 Å². The van der Waals surface area contributed by atoms with Crippen molar-refractivity contribution in [3.05, 3.63) is 36.3 Å². The maximum atomic E-state index is 4.43. The fourth-order valence-corrected chi connectivity index (χ4v) is 1.76. The van der Waals surface area contributed by atoms with Gasteiger partial charge in [-0.25, -0.2) is 9.97 Å². The van der Waals surface area contributed by atoms with Crippen molar-refractivity contribution >= 4 is 0 Å². The fraction of sp³-hybridized carbons (Fsp3) is 0.462. The highest BCUT2D eigenvalue weighted by Crippen LogP contribution is 2.07. The van der Waals surface area contributed by atoms with Gasteiger partial charge in [-0.15, -0.1) is 0 Å². The van der Waals surface area contributed by atoms with Gasteiger partial charge in [0.05, 0.1) is 18.1 Å². The van der Waals surface area contributed by atoms with Gasteiger partial charge in [-0.05, 0) is 13.0 Å². The molecule has 0 aliphatic rings. The second-order valence-electron chi connectivity index (χ2n) is 4.11. The van der Waals surface area contributed by atoms with E-state index in [9.17, 15) is 0 Å². The number of hydrogen-bond donors (Lipinski definition) is 1. The molecule has 0 aromatic carbocycles. The molecule has 2 rings (SSSR count). The summed E-state index contributed by atoms with van der Waals surface area (Å²) in [5.74, 6) is 1.82. The van der Waals surface area contributed by atoms with E-state index in [0.29, 0.717) is 0 Å². The lowest BCUT2D eigenvalue weighted by Gasteiger charge is -2.06. The Balaban J connectivity index is 2.07. The molecule has 2 heterocycles. The van der Waals surface area contributed by atoms with Crippen LogP contribution < -0.4 is 5.32 Å². The second-order valence-corrected chi connectivity index (χ2v) is 4.11. The van der Waals surface area contributed by atoms with E-state index in [-0.39, 0.29) is 0 Å². The highest BCUT2D eigenvalue weighted by atomic mass is 15.1. The molecule has 0 spiro atoms. The molecule has 96 valence electrons. The number of aromatic nitrogens is 4. The predicted molar refractivity (Wildman–Crippen MR) is 70.5 cm³/mol. The summed E-state index contributed by atoms with van der Waals surface area (Å²) in [6.45, 7) is 6.00. The zero-order valence-electron chi connectivity index (χ0n) is 10.9. The summed E-state index contributed by atoms with van der Waals surface area (Å²) in [6.07, 6.45) is 9.32. The van der Waals surface area contributed by atoms with E-state index in [4.69, 9.17) is 0 Å². The van der Waals surface area contributed by atoms with Gasteiger partial charge in [-0.2, -0.15) is 0 Å². The average Bonchev–Trinajstić information content (AvgIpc) is 2.88. The smallest absolute Gasteiger partial charge is 0.156 e. The van der Waals surface area contributed by atoms with Crippen LogP contribution >= 0.6 is 0 Å². The van der Waals surface area contributed by atoms with Gasteiger partial charge >= 0.3 is 0 Å². The molecule has 1 N–H and O–H groups in total. The van der Waals surface area contributed by atoms with Gasteiger partial charge in [0.15, 0.2) is 5.82 Å². The summed E-state index contributed by atoms with van der Waals surface area (Å²) in [6, 6.07) is 0. The Kier molecular flexibility index (Phi) is 4.41. The van der Waals surface area contributed by atoms with Crippen molar-refractivity contribution < 1.29 is 0 Å². The molecular formula is C13H19N5. The van der Waals surface area contributed by atoms with E-state index in [1.54, 1.807) is 12.4 Å². The third kappa shape index (κ3) is 2.92. The normalized spacial score (nSPS) is 10.8. The minimum absolute atomic E-state index is 0.770. The molecule has 18 heavy (non-hydrogen) atoms. The predicted octanol–water partition coefficient (Wildman–Crippen LogP) is 1.72. The second kappa shape index (κ2) is 6.26. The van der Waals surface area contributed by atoms with Crippen molar-refractivity contribution in [2.75, 3.05) is 6.54 Å². The molecule has 2 aromatic heterocycles. The number of hydrogen-bond acceptors (Lipinski definition) is 4. The molecule has 0 saturated carbocycles. The molecule has 0 radical (unpaired) electrons. The van der Waals surface area contributed by atoms with Crippen molar-refractivity contribution in [2.45, 2.75) is 33.2 Å². The first-order valence-electron chi connectivity index (χ1n) is 6.39. The number of nitrogens with zero attached hydrogens (tertiary/aromatic N) is 4. The van der Waals surface area contributed by atoms with Gasteiger partial charge in [0.2, 0.25) is 0 Å². The van der Waals surface area contributed by atoms with E-state index < -0.39 is 0 Å². The molecule has 0 unspecified atom stereocenters. The summed E-state index contributed by atoms with van der Waals surface area (Å²) >= 11 is 0. The summed E-state index contributed by atoms with van der Waals surface area (Å²) in [5, 5.41) is 3.31. The van der Waals surface area contributed by atoms with E-state index >= 15 is 0 Å². The molecule has 0 saturated heterocycles. The minimum Gasteiger partial charge on any atom is -0.311 e. The SMILES string of the molecule is CCCNCc1cnc(-n2ccnc2CC)cn1. The summed E-state index contributed by atoms with van der Waals surface area (Å²) in [4.78, 5) is 13.1. The van der Waals surface area contributed by atoms with E-state index in [2.05, 4.69) is 34.1 Å². The van der Waals surface area contributed by atoms with Crippen LogP contribution in [-0.2, 0) is 13.0 Å². The van der Waals surface area contributed by atoms with Gasteiger partial charge in [0.25, 0.3) is 0 Å². The Labute approximate surface area is 107 Å². The number of rotatable bonds is 6. The third-order valence-corrected chi connectivity index (χ3v) is 2.71. The van der Waals surface area contributed by atoms with Crippen molar-refractivity contribution in [1.82, 2.24) is 24.8 Å².